The molecule has 4 N–H and O–H groups in total. The fraction of sp³-hybridized carbons (Fsp3) is 0.0714. The number of rotatable bonds is 3. The Bertz CT molecular complexity index is 541. The summed E-state index contributed by atoms with van der Waals surface area (Å²) in [6.45, 7) is 0. The Morgan fingerprint density at radius 1 is 1.11 bits per heavy atom. The van der Waals surface area contributed by atoms with Crippen molar-refractivity contribution >= 4 is 17.3 Å². The van der Waals surface area contributed by atoms with Crippen LogP contribution in [-0.2, 0) is 4.79 Å². The average Bonchev–Trinajstić information content (AvgIpc) is 2.39. The van der Waals surface area contributed by atoms with Crippen LogP contribution in [0.1, 0.15) is 11.7 Å². The van der Waals surface area contributed by atoms with E-state index in [-0.39, 0.29) is 0 Å². The highest BCUT2D eigenvalue weighted by Gasteiger charge is 2.16. The quantitative estimate of drug-likeness (QED) is 0.720. The highest BCUT2D eigenvalue weighted by atomic mass is 16.3. The summed E-state index contributed by atoms with van der Waals surface area (Å²) in [7, 11) is 0. The lowest BCUT2D eigenvalue weighted by Crippen LogP contribution is -2.20. The Labute approximate surface area is 105 Å². The molecule has 2 aromatic rings. The number of carbonyl (C=O) groups excluding carboxylic acids is 1. The Hall–Kier alpha value is -2.33. The monoisotopic (exact) mass is 242 g/mol. The van der Waals surface area contributed by atoms with E-state index in [0.717, 1.165) is 0 Å². The molecule has 92 valence electrons. The van der Waals surface area contributed by atoms with Crippen molar-refractivity contribution < 1.29 is 9.90 Å². The maximum atomic E-state index is 11.8. The van der Waals surface area contributed by atoms with Crippen LogP contribution in [0.25, 0.3) is 0 Å². The van der Waals surface area contributed by atoms with Gasteiger partial charge >= 0.3 is 0 Å². The van der Waals surface area contributed by atoms with E-state index in [1.54, 1.807) is 48.5 Å². The lowest BCUT2D eigenvalue weighted by Gasteiger charge is -2.11. The van der Waals surface area contributed by atoms with Gasteiger partial charge in [0, 0.05) is 11.4 Å². The van der Waals surface area contributed by atoms with E-state index in [2.05, 4.69) is 5.32 Å². The van der Waals surface area contributed by atoms with Gasteiger partial charge in [-0.05, 0) is 23.8 Å². The summed E-state index contributed by atoms with van der Waals surface area (Å²) in [5, 5.41) is 12.5. The van der Waals surface area contributed by atoms with Gasteiger partial charge in [-0.2, -0.15) is 0 Å². The number of benzene rings is 2. The molecule has 0 radical (unpaired) electrons. The van der Waals surface area contributed by atoms with E-state index >= 15 is 0 Å². The highest BCUT2D eigenvalue weighted by molar-refractivity contribution is 5.95. The van der Waals surface area contributed by atoms with E-state index in [9.17, 15) is 9.90 Å². The second-order valence-corrected chi connectivity index (χ2v) is 3.93. The summed E-state index contributed by atoms with van der Waals surface area (Å²) in [5.41, 5.74) is 7.28. The molecule has 0 aliphatic heterocycles. The first-order valence-corrected chi connectivity index (χ1v) is 5.56. The van der Waals surface area contributed by atoms with E-state index in [1.807, 2.05) is 6.07 Å². The van der Waals surface area contributed by atoms with Crippen molar-refractivity contribution in [1.82, 2.24) is 0 Å². The molecule has 1 atom stereocenters. The third-order valence-corrected chi connectivity index (χ3v) is 2.52. The molecule has 2 aromatic carbocycles. The predicted octanol–water partition coefficient (Wildman–Crippen LogP) is 1.94. The fourth-order valence-electron chi connectivity index (χ4n) is 1.61. The number of nitrogen functional groups attached to an aromatic ring is 1. The Balaban J connectivity index is 2.09. The summed E-state index contributed by atoms with van der Waals surface area (Å²) < 4.78 is 0. The maximum Gasteiger partial charge on any atom is 0.257 e. The molecule has 2 rings (SSSR count). The molecule has 4 heteroatoms. The molecule has 18 heavy (non-hydrogen) atoms. The van der Waals surface area contributed by atoms with Crippen molar-refractivity contribution in [2.24, 2.45) is 0 Å². The molecule has 1 unspecified atom stereocenters. The normalized spacial score (nSPS) is 11.8. The zero-order valence-electron chi connectivity index (χ0n) is 9.71. The average molecular weight is 242 g/mol. The summed E-state index contributed by atoms with van der Waals surface area (Å²) >= 11 is 0. The van der Waals surface area contributed by atoms with E-state index in [0.29, 0.717) is 16.9 Å². The zero-order chi connectivity index (χ0) is 13.0. The van der Waals surface area contributed by atoms with Gasteiger partial charge in [-0.1, -0.05) is 36.4 Å². The number of aliphatic hydroxyl groups excluding tert-OH is 1. The molecule has 0 spiro atoms. The first kappa shape index (κ1) is 12.1. The second kappa shape index (κ2) is 5.33. The summed E-state index contributed by atoms with van der Waals surface area (Å²) in [4.78, 5) is 11.8. The van der Waals surface area contributed by atoms with Crippen LogP contribution in [-0.4, -0.2) is 11.0 Å². The molecular formula is C14H14N2O2. The Kier molecular flexibility index (Phi) is 3.60. The van der Waals surface area contributed by atoms with Crippen molar-refractivity contribution in [2.45, 2.75) is 6.10 Å². The summed E-state index contributed by atoms with van der Waals surface area (Å²) in [5.74, 6) is -0.480. The van der Waals surface area contributed by atoms with Crippen molar-refractivity contribution in [3.05, 3.63) is 60.2 Å². The van der Waals surface area contributed by atoms with E-state index in [4.69, 9.17) is 5.73 Å². The zero-order valence-corrected chi connectivity index (χ0v) is 9.71. The standard InChI is InChI=1S/C14H14N2O2/c15-11-7-4-8-12(9-11)16-14(18)13(17)10-5-2-1-3-6-10/h1-9,13,17H,15H2,(H,16,18). The van der Waals surface area contributed by atoms with Crippen LogP contribution >= 0.6 is 0 Å². The van der Waals surface area contributed by atoms with Crippen molar-refractivity contribution in [2.75, 3.05) is 11.1 Å². The minimum Gasteiger partial charge on any atom is -0.399 e. The smallest absolute Gasteiger partial charge is 0.257 e. The van der Waals surface area contributed by atoms with Gasteiger partial charge in [0.2, 0.25) is 0 Å². The van der Waals surface area contributed by atoms with Crippen LogP contribution in [0.4, 0.5) is 11.4 Å². The molecule has 0 heterocycles. The van der Waals surface area contributed by atoms with Crippen LogP contribution in [0, 0.1) is 0 Å². The number of hydrogen-bond acceptors (Lipinski definition) is 3. The lowest BCUT2D eigenvalue weighted by atomic mass is 10.1. The van der Waals surface area contributed by atoms with Gasteiger partial charge in [-0.3, -0.25) is 4.79 Å². The van der Waals surface area contributed by atoms with Gasteiger partial charge in [-0.25, -0.2) is 0 Å². The van der Waals surface area contributed by atoms with Crippen molar-refractivity contribution in [3.63, 3.8) is 0 Å². The summed E-state index contributed by atoms with van der Waals surface area (Å²) in [6, 6.07) is 15.6. The number of nitrogens with two attached hydrogens (primary N) is 1. The number of carbonyl (C=O) groups is 1. The molecule has 1 amide bonds. The fourth-order valence-corrected chi connectivity index (χ4v) is 1.61. The van der Waals surface area contributed by atoms with Crippen LogP contribution in [0.3, 0.4) is 0 Å². The maximum absolute atomic E-state index is 11.8. The number of anilines is 2. The first-order valence-electron chi connectivity index (χ1n) is 5.56. The molecule has 4 nitrogen and oxygen atoms in total. The van der Waals surface area contributed by atoms with Gasteiger partial charge < -0.3 is 16.2 Å². The lowest BCUT2D eigenvalue weighted by molar-refractivity contribution is -0.124. The third kappa shape index (κ3) is 2.87. The van der Waals surface area contributed by atoms with Gasteiger partial charge in [0.15, 0.2) is 6.10 Å². The number of amides is 1. The van der Waals surface area contributed by atoms with Gasteiger partial charge in [0.25, 0.3) is 5.91 Å². The minimum atomic E-state index is -1.19. The summed E-state index contributed by atoms with van der Waals surface area (Å²) in [6.07, 6.45) is -1.19. The molecule has 0 saturated heterocycles. The van der Waals surface area contributed by atoms with E-state index < -0.39 is 12.0 Å². The van der Waals surface area contributed by atoms with Crippen LogP contribution in [0.5, 0.6) is 0 Å². The van der Waals surface area contributed by atoms with Gasteiger partial charge in [0.05, 0.1) is 0 Å². The van der Waals surface area contributed by atoms with Gasteiger partial charge in [0.1, 0.15) is 0 Å². The number of hydrogen-bond donors (Lipinski definition) is 3. The van der Waals surface area contributed by atoms with Crippen LogP contribution in [0.2, 0.25) is 0 Å². The Morgan fingerprint density at radius 2 is 1.83 bits per heavy atom. The molecule has 0 aliphatic carbocycles. The molecule has 0 saturated carbocycles. The second-order valence-electron chi connectivity index (χ2n) is 3.93. The molecule has 0 aliphatic rings. The molecular weight excluding hydrogens is 228 g/mol. The van der Waals surface area contributed by atoms with E-state index in [1.165, 1.54) is 0 Å². The minimum absolute atomic E-state index is 0.480. The topological polar surface area (TPSA) is 75.3 Å². The van der Waals surface area contributed by atoms with Crippen molar-refractivity contribution in [3.8, 4) is 0 Å². The van der Waals surface area contributed by atoms with Gasteiger partial charge in [-0.15, -0.1) is 0 Å². The third-order valence-electron chi connectivity index (χ3n) is 2.52. The SMILES string of the molecule is Nc1cccc(NC(=O)C(O)c2ccccc2)c1. The van der Waals surface area contributed by atoms with Crippen LogP contribution in [0.15, 0.2) is 54.6 Å². The molecule has 0 aromatic heterocycles. The largest absolute Gasteiger partial charge is 0.399 e. The molecule has 0 bridgehead atoms. The molecule has 0 fully saturated rings. The predicted molar refractivity (Wildman–Crippen MR) is 70.9 cm³/mol. The van der Waals surface area contributed by atoms with Crippen LogP contribution < -0.4 is 11.1 Å². The number of nitrogens with one attached hydrogen (secondary N) is 1. The first-order chi connectivity index (χ1) is 8.66. The highest BCUT2D eigenvalue weighted by Crippen LogP contribution is 2.17. The number of aliphatic hydroxyl groups is 1. The van der Waals surface area contributed by atoms with Crippen molar-refractivity contribution in [1.29, 1.82) is 0 Å². The Morgan fingerprint density at radius 3 is 2.50 bits per heavy atom.